The van der Waals surface area contributed by atoms with E-state index in [4.69, 9.17) is 15.3 Å². The quantitative estimate of drug-likeness (QED) is 0.438. The molecule has 0 rings (SSSR count). The van der Waals surface area contributed by atoms with Gasteiger partial charge in [-0.1, -0.05) is 6.92 Å². The number of aliphatic hydroxyl groups excluding tert-OH is 2. The van der Waals surface area contributed by atoms with Crippen molar-refractivity contribution >= 4 is 12.0 Å². The molecule has 0 heterocycles. The van der Waals surface area contributed by atoms with E-state index in [1.165, 1.54) is 11.8 Å². The number of carboxylic acid groups (broad SMARTS) is 1. The molecule has 7 heteroatoms. The summed E-state index contributed by atoms with van der Waals surface area (Å²) in [4.78, 5) is 23.2. The van der Waals surface area contributed by atoms with Crippen molar-refractivity contribution in [3.63, 3.8) is 0 Å². The topological polar surface area (TPSA) is 110 Å². The van der Waals surface area contributed by atoms with Crippen molar-refractivity contribution in [2.24, 2.45) is 5.92 Å². The maximum Gasteiger partial charge on any atom is 0.317 e. The smallest absolute Gasteiger partial charge is 0.317 e. The highest BCUT2D eigenvalue weighted by atomic mass is 16.4. The van der Waals surface area contributed by atoms with Gasteiger partial charge in [-0.05, 0) is 0 Å². The molecule has 0 radical (unpaired) electrons. The molecule has 1 unspecified atom stereocenters. The Labute approximate surface area is 93.7 Å². The Balaban J connectivity index is 4.04. The Morgan fingerprint density at radius 1 is 1.25 bits per heavy atom. The number of carbonyl (C=O) groups is 2. The summed E-state index contributed by atoms with van der Waals surface area (Å²) in [5.41, 5.74) is 0. The number of nitrogens with one attached hydrogen (secondary N) is 1. The highest BCUT2D eigenvalue weighted by molar-refractivity contribution is 5.75. The third-order valence-electron chi connectivity index (χ3n) is 2.01. The van der Waals surface area contributed by atoms with Crippen molar-refractivity contribution in [1.29, 1.82) is 0 Å². The van der Waals surface area contributed by atoms with Crippen molar-refractivity contribution in [2.45, 2.75) is 6.92 Å². The molecule has 0 fully saturated rings. The van der Waals surface area contributed by atoms with Gasteiger partial charge in [-0.2, -0.15) is 0 Å². The standard InChI is InChI=1S/C9H18N2O5/c1-7(8(14)15)6-10-9(16)11(2-4-12)3-5-13/h7,12-13H,2-6H2,1H3,(H,10,16)(H,14,15). The molecule has 0 spiro atoms. The van der Waals surface area contributed by atoms with Gasteiger partial charge in [-0.25, -0.2) is 4.79 Å². The first-order valence-electron chi connectivity index (χ1n) is 5.00. The van der Waals surface area contributed by atoms with E-state index in [2.05, 4.69) is 5.32 Å². The van der Waals surface area contributed by atoms with E-state index in [1.807, 2.05) is 0 Å². The van der Waals surface area contributed by atoms with Gasteiger partial charge in [0.15, 0.2) is 0 Å². The number of amides is 2. The van der Waals surface area contributed by atoms with Crippen LogP contribution in [0.5, 0.6) is 0 Å². The molecule has 16 heavy (non-hydrogen) atoms. The Morgan fingerprint density at radius 3 is 2.12 bits per heavy atom. The van der Waals surface area contributed by atoms with Crippen LogP contribution in [-0.2, 0) is 4.79 Å². The van der Waals surface area contributed by atoms with Gasteiger partial charge >= 0.3 is 12.0 Å². The van der Waals surface area contributed by atoms with E-state index in [0.29, 0.717) is 0 Å². The third-order valence-corrected chi connectivity index (χ3v) is 2.01. The number of carbonyl (C=O) groups excluding carboxylic acids is 1. The van der Waals surface area contributed by atoms with Crippen molar-refractivity contribution in [2.75, 3.05) is 32.8 Å². The molecule has 0 aliphatic heterocycles. The first-order chi connectivity index (χ1) is 7.52. The average Bonchev–Trinajstić information content (AvgIpc) is 2.24. The van der Waals surface area contributed by atoms with Crippen molar-refractivity contribution in [3.8, 4) is 0 Å². The molecule has 0 aromatic rings. The zero-order valence-electron chi connectivity index (χ0n) is 9.22. The Bertz CT molecular complexity index is 228. The zero-order chi connectivity index (χ0) is 12.6. The van der Waals surface area contributed by atoms with Crippen LogP contribution in [0, 0.1) is 5.92 Å². The maximum atomic E-state index is 11.4. The summed E-state index contributed by atoms with van der Waals surface area (Å²) in [6, 6.07) is -0.490. The fourth-order valence-electron chi connectivity index (χ4n) is 0.996. The summed E-state index contributed by atoms with van der Waals surface area (Å²) in [7, 11) is 0. The van der Waals surface area contributed by atoms with Crippen LogP contribution in [-0.4, -0.2) is 65.1 Å². The molecule has 7 nitrogen and oxygen atoms in total. The van der Waals surface area contributed by atoms with Crippen LogP contribution < -0.4 is 5.32 Å². The van der Waals surface area contributed by atoms with Crippen LogP contribution in [0.15, 0.2) is 0 Å². The van der Waals surface area contributed by atoms with Gasteiger partial charge in [0.05, 0.1) is 19.1 Å². The lowest BCUT2D eigenvalue weighted by atomic mass is 10.2. The molecule has 0 saturated heterocycles. The van der Waals surface area contributed by atoms with E-state index >= 15 is 0 Å². The Hall–Kier alpha value is -1.34. The van der Waals surface area contributed by atoms with Gasteiger partial charge in [-0.15, -0.1) is 0 Å². The number of rotatable bonds is 7. The second-order valence-corrected chi connectivity index (χ2v) is 3.36. The fourth-order valence-corrected chi connectivity index (χ4v) is 0.996. The number of urea groups is 1. The molecular weight excluding hydrogens is 216 g/mol. The molecule has 0 aliphatic carbocycles. The second-order valence-electron chi connectivity index (χ2n) is 3.36. The van der Waals surface area contributed by atoms with E-state index < -0.39 is 17.9 Å². The molecule has 0 aliphatic rings. The molecule has 1 atom stereocenters. The normalized spacial score (nSPS) is 11.9. The summed E-state index contributed by atoms with van der Waals surface area (Å²) < 4.78 is 0. The summed E-state index contributed by atoms with van der Waals surface area (Å²) >= 11 is 0. The van der Waals surface area contributed by atoms with Crippen LogP contribution in [0.2, 0.25) is 0 Å². The number of nitrogens with zero attached hydrogens (tertiary/aromatic N) is 1. The van der Waals surface area contributed by atoms with Gasteiger partial charge in [0.25, 0.3) is 0 Å². The van der Waals surface area contributed by atoms with Gasteiger partial charge < -0.3 is 25.5 Å². The summed E-state index contributed by atoms with van der Waals surface area (Å²) in [6.07, 6.45) is 0. The molecule has 2 amide bonds. The van der Waals surface area contributed by atoms with Crippen molar-refractivity contribution in [3.05, 3.63) is 0 Å². The summed E-state index contributed by atoms with van der Waals surface area (Å²) in [5.74, 6) is -1.66. The average molecular weight is 234 g/mol. The molecule has 4 N–H and O–H groups in total. The predicted molar refractivity (Wildman–Crippen MR) is 55.9 cm³/mol. The molecular formula is C9H18N2O5. The Kier molecular flexibility index (Phi) is 7.23. The lowest BCUT2D eigenvalue weighted by Crippen LogP contribution is -2.44. The first-order valence-corrected chi connectivity index (χ1v) is 5.00. The minimum absolute atomic E-state index is 0.0154. The minimum atomic E-state index is -0.990. The third kappa shape index (κ3) is 5.52. The van der Waals surface area contributed by atoms with Crippen LogP contribution in [0.4, 0.5) is 4.79 Å². The van der Waals surface area contributed by atoms with Crippen LogP contribution in [0.3, 0.4) is 0 Å². The van der Waals surface area contributed by atoms with E-state index in [1.54, 1.807) is 0 Å². The minimum Gasteiger partial charge on any atom is -0.481 e. The monoisotopic (exact) mass is 234 g/mol. The number of hydrogen-bond donors (Lipinski definition) is 4. The number of hydrogen-bond acceptors (Lipinski definition) is 4. The Morgan fingerprint density at radius 2 is 1.75 bits per heavy atom. The molecule has 0 aromatic heterocycles. The van der Waals surface area contributed by atoms with Gasteiger partial charge in [-0.3, -0.25) is 4.79 Å². The number of carboxylic acids is 1. The van der Waals surface area contributed by atoms with Gasteiger partial charge in [0, 0.05) is 19.6 Å². The van der Waals surface area contributed by atoms with E-state index in [9.17, 15) is 9.59 Å². The SMILES string of the molecule is CC(CNC(=O)N(CCO)CCO)C(=O)O. The summed E-state index contributed by atoms with van der Waals surface area (Å²) in [6.45, 7) is 1.29. The first kappa shape index (κ1) is 14.7. The molecule has 94 valence electrons. The summed E-state index contributed by atoms with van der Waals surface area (Å²) in [5, 5.41) is 28.4. The van der Waals surface area contributed by atoms with E-state index in [-0.39, 0.29) is 32.8 Å². The lowest BCUT2D eigenvalue weighted by Gasteiger charge is -2.21. The van der Waals surface area contributed by atoms with Crippen molar-refractivity contribution in [1.82, 2.24) is 10.2 Å². The second kappa shape index (κ2) is 7.89. The van der Waals surface area contributed by atoms with E-state index in [0.717, 1.165) is 0 Å². The number of aliphatic carboxylic acids is 1. The van der Waals surface area contributed by atoms with Crippen LogP contribution >= 0.6 is 0 Å². The fraction of sp³-hybridized carbons (Fsp3) is 0.778. The zero-order valence-corrected chi connectivity index (χ0v) is 9.22. The van der Waals surface area contributed by atoms with Gasteiger partial charge in [0.1, 0.15) is 0 Å². The van der Waals surface area contributed by atoms with Crippen LogP contribution in [0.25, 0.3) is 0 Å². The molecule has 0 bridgehead atoms. The lowest BCUT2D eigenvalue weighted by molar-refractivity contribution is -0.140. The molecule has 0 aromatic carbocycles. The van der Waals surface area contributed by atoms with Crippen molar-refractivity contribution < 1.29 is 24.9 Å². The predicted octanol–water partition coefficient (Wildman–Crippen LogP) is -1.30. The maximum absolute atomic E-state index is 11.4. The van der Waals surface area contributed by atoms with Gasteiger partial charge in [0.2, 0.25) is 0 Å². The number of aliphatic hydroxyl groups is 2. The largest absolute Gasteiger partial charge is 0.481 e. The highest BCUT2D eigenvalue weighted by Crippen LogP contribution is 1.94. The molecule has 0 saturated carbocycles. The highest BCUT2D eigenvalue weighted by Gasteiger charge is 2.15. The van der Waals surface area contributed by atoms with Crippen LogP contribution in [0.1, 0.15) is 6.92 Å².